The van der Waals surface area contributed by atoms with E-state index < -0.39 is 86.5 Å². The van der Waals surface area contributed by atoms with Crippen molar-refractivity contribution in [2.45, 2.75) is 137 Å². The number of anilines is 4. The van der Waals surface area contributed by atoms with E-state index in [0.717, 1.165) is 127 Å². The van der Waals surface area contributed by atoms with Crippen molar-refractivity contribution in [3.05, 3.63) is 307 Å². The highest BCUT2D eigenvalue weighted by atomic mass is 79.9. The lowest BCUT2D eigenvalue weighted by Gasteiger charge is -2.35. The molecule has 5 amide bonds. The SMILES string of the molecule is COCC(=O)NC1CCC(c2cnc(N)c(-c3ccc(C(=O)N[C@H](CO)c4cccc(Cl)c4)c(F)c3)n2)CC1.C[C@@H](NC(=O)c1ccc(-c2nc(C3=CCOCC3)cnc2N)cc1F)c1cc(F)cc(S(C)(=O)=O)c1.NC[C@@H](NC(=O)c1ccc(-c2nc(C3CCOCC3)cnc2N)cc1F)c1cccc(Br)c1.Nc1ncc(C2CCC3(CC2)OCCO3)nc1-c1ccc(C(=O)NCc2ccccc2)c(F)c1. The molecule has 3 aliphatic heterocycles. The quantitative estimate of drug-likeness (QED) is 0.0224. The number of nitrogens with zero attached hydrogens (tertiary/aromatic N) is 8. The number of hydrogen-bond acceptors (Lipinski definition) is 26. The summed E-state index contributed by atoms with van der Waals surface area (Å²) >= 11 is 9.42. The molecule has 0 radical (unpaired) electrons. The molecule has 1 spiro atoms. The maximum absolute atomic E-state index is 15.1. The van der Waals surface area contributed by atoms with E-state index in [1.165, 1.54) is 68.6 Å². The summed E-state index contributed by atoms with van der Waals surface area (Å²) in [5.41, 5.74) is 39.2. The van der Waals surface area contributed by atoms with Crippen molar-refractivity contribution in [1.82, 2.24) is 66.5 Å². The van der Waals surface area contributed by atoms with Gasteiger partial charge >= 0.3 is 0 Å². The van der Waals surface area contributed by atoms with E-state index >= 15 is 4.39 Å². The van der Waals surface area contributed by atoms with Gasteiger partial charge in [0.05, 0.1) is 126 Å². The van der Waals surface area contributed by atoms with Gasteiger partial charge in [0.25, 0.3) is 23.6 Å². The number of methoxy groups -OCH3 is 1. The zero-order valence-electron chi connectivity index (χ0n) is 77.8. The zero-order chi connectivity index (χ0) is 101. The van der Waals surface area contributed by atoms with Crippen molar-refractivity contribution in [2.24, 2.45) is 5.73 Å². The van der Waals surface area contributed by atoms with Crippen LogP contribution in [0.5, 0.6) is 0 Å². The molecule has 4 fully saturated rings. The van der Waals surface area contributed by atoms with Gasteiger partial charge in [-0.25, -0.2) is 70.2 Å². The van der Waals surface area contributed by atoms with Gasteiger partial charge in [0.2, 0.25) is 5.91 Å². The Morgan fingerprint density at radius 2 is 1.01 bits per heavy atom. The Bertz CT molecular complexity index is 6720. The number of amides is 5. The Labute approximate surface area is 830 Å². The van der Waals surface area contributed by atoms with Crippen LogP contribution in [0.1, 0.15) is 200 Å². The number of carbonyl (C=O) groups excluding carboxylic acids is 5. The number of nitrogens with two attached hydrogens (primary N) is 5. The van der Waals surface area contributed by atoms with Crippen molar-refractivity contribution in [1.29, 1.82) is 0 Å². The molecule has 3 atom stereocenters. The van der Waals surface area contributed by atoms with Crippen LogP contribution in [-0.2, 0) is 44.9 Å². The first-order chi connectivity index (χ1) is 68.3. The fraction of sp³-hybridized carbons (Fsp3) is 0.311. The first-order valence-corrected chi connectivity index (χ1v) is 49.0. The molecule has 4 aromatic heterocycles. The molecule has 2 saturated carbocycles. The molecule has 39 heteroatoms. The molecule has 2 aliphatic carbocycles. The minimum absolute atomic E-state index is 0.0310. The summed E-state index contributed by atoms with van der Waals surface area (Å²) in [6.45, 7) is 5.35. The minimum Gasteiger partial charge on any atom is -0.394 e. The number of nitrogens with one attached hydrogen (secondary N) is 5. The van der Waals surface area contributed by atoms with Crippen LogP contribution < -0.4 is 55.3 Å². The Balaban J connectivity index is 0.000000151. The molecule has 7 heterocycles. The summed E-state index contributed by atoms with van der Waals surface area (Å²) in [6.07, 6.45) is 18.3. The maximum atomic E-state index is 15.1. The minimum atomic E-state index is -3.66. The summed E-state index contributed by atoms with van der Waals surface area (Å²) in [6, 6.07) is 41.8. The van der Waals surface area contributed by atoms with Crippen LogP contribution in [0.2, 0.25) is 5.02 Å². The molecule has 5 aliphatic rings. The van der Waals surface area contributed by atoms with Crippen LogP contribution in [0.4, 0.5) is 45.2 Å². The summed E-state index contributed by atoms with van der Waals surface area (Å²) in [7, 11) is -2.17. The molecule has 31 nitrogen and oxygen atoms in total. The lowest BCUT2D eigenvalue weighted by atomic mass is 9.83. The van der Waals surface area contributed by atoms with Crippen LogP contribution in [0.25, 0.3) is 50.6 Å². The fourth-order valence-electron chi connectivity index (χ4n) is 17.2. The summed E-state index contributed by atoms with van der Waals surface area (Å²) < 4.78 is 126. The first kappa shape index (κ1) is 104. The highest BCUT2D eigenvalue weighted by Gasteiger charge is 2.42. The molecule has 2 saturated heterocycles. The fourth-order valence-corrected chi connectivity index (χ4v) is 18.4. The molecule has 742 valence electrons. The molecule has 12 aromatic rings. The Morgan fingerprint density at radius 1 is 0.528 bits per heavy atom. The van der Waals surface area contributed by atoms with Crippen molar-refractivity contribution >= 4 is 95.7 Å². The highest BCUT2D eigenvalue weighted by molar-refractivity contribution is 9.10. The van der Waals surface area contributed by atoms with Gasteiger partial charge in [-0.05, 0) is 184 Å². The second-order valence-corrected chi connectivity index (χ2v) is 38.0. The van der Waals surface area contributed by atoms with Gasteiger partial charge in [-0.2, -0.15) is 0 Å². The van der Waals surface area contributed by atoms with Crippen LogP contribution in [0.3, 0.4) is 0 Å². The molecular formula is C103H107BrClF5N18O13S. The average molecular weight is 2050 g/mol. The molecular weight excluding hydrogens is 1940 g/mol. The van der Waals surface area contributed by atoms with Crippen molar-refractivity contribution in [3.63, 3.8) is 0 Å². The number of benzene rings is 8. The monoisotopic (exact) mass is 2040 g/mol. The van der Waals surface area contributed by atoms with Crippen LogP contribution in [-0.4, -0.2) is 168 Å². The third-order valence-electron chi connectivity index (χ3n) is 24.9. The number of carbonyl (C=O) groups is 5. The summed E-state index contributed by atoms with van der Waals surface area (Å²) in [5.74, 6) is -5.42. The topological polar surface area (TPSA) is 479 Å². The highest BCUT2D eigenvalue weighted by Crippen LogP contribution is 2.44. The van der Waals surface area contributed by atoms with E-state index in [9.17, 15) is 55.1 Å². The smallest absolute Gasteiger partial charge is 0.254 e. The van der Waals surface area contributed by atoms with Gasteiger partial charge < -0.3 is 84.0 Å². The van der Waals surface area contributed by atoms with E-state index in [-0.39, 0.29) is 111 Å². The zero-order valence-corrected chi connectivity index (χ0v) is 81.0. The van der Waals surface area contributed by atoms with E-state index in [4.69, 9.17) is 73.9 Å². The van der Waals surface area contributed by atoms with E-state index in [0.29, 0.717) is 108 Å². The average Bonchev–Trinajstić information content (AvgIpc) is 0.930. The number of sulfone groups is 1. The Hall–Kier alpha value is -13.5. The Morgan fingerprint density at radius 3 is 1.49 bits per heavy atom. The Kier molecular flexibility index (Phi) is 35.5. The number of halogens is 7. The number of nitrogen functional groups attached to an aromatic ring is 4. The van der Waals surface area contributed by atoms with Crippen LogP contribution >= 0.6 is 27.5 Å². The molecule has 0 unspecified atom stereocenters. The van der Waals surface area contributed by atoms with Gasteiger partial charge in [-0.15, -0.1) is 0 Å². The molecule has 0 bridgehead atoms. The predicted octanol–water partition coefficient (Wildman–Crippen LogP) is 15.6. The molecule has 142 heavy (non-hydrogen) atoms. The number of rotatable bonds is 26. The lowest BCUT2D eigenvalue weighted by molar-refractivity contribution is -0.179. The van der Waals surface area contributed by atoms with E-state index in [1.807, 2.05) is 60.7 Å². The van der Waals surface area contributed by atoms with E-state index in [2.05, 4.69) is 72.4 Å². The van der Waals surface area contributed by atoms with Crippen LogP contribution in [0, 0.1) is 29.1 Å². The van der Waals surface area contributed by atoms with Gasteiger partial charge in [0, 0.05) is 108 Å². The van der Waals surface area contributed by atoms with Crippen molar-refractivity contribution in [3.8, 4) is 45.0 Å². The predicted molar refractivity (Wildman–Crippen MR) is 530 cm³/mol. The number of aliphatic hydroxyl groups is 1. The second-order valence-electron chi connectivity index (χ2n) is 34.7. The lowest BCUT2D eigenvalue weighted by Crippen LogP contribution is -2.39. The van der Waals surface area contributed by atoms with Gasteiger partial charge in [-0.3, -0.25) is 24.0 Å². The summed E-state index contributed by atoms with van der Waals surface area (Å²) in [5, 5.41) is 23.9. The first-order valence-electron chi connectivity index (χ1n) is 46.0. The number of hydrogen-bond donors (Lipinski definition) is 11. The maximum Gasteiger partial charge on any atom is 0.254 e. The third-order valence-corrected chi connectivity index (χ3v) is 26.7. The molecule has 17 rings (SSSR count). The number of ether oxygens (including phenoxy) is 5. The van der Waals surface area contributed by atoms with Crippen LogP contribution in [0.15, 0.2) is 210 Å². The number of aromatic nitrogens is 8. The van der Waals surface area contributed by atoms with Crippen molar-refractivity contribution in [2.75, 3.05) is 95.7 Å². The molecule has 16 N–H and O–H groups in total. The van der Waals surface area contributed by atoms with Crippen molar-refractivity contribution < 1.29 is 83.1 Å². The van der Waals surface area contributed by atoms with Gasteiger partial charge in [0.1, 0.15) is 81.7 Å². The summed E-state index contributed by atoms with van der Waals surface area (Å²) in [4.78, 5) is 98.1. The van der Waals surface area contributed by atoms with E-state index in [1.54, 1.807) is 67.3 Å². The standard InChI is InChI=1S/C28H31ClFN5O4.C26H27FN4O3.C25H24F2N4O4S.C24H25BrFN5O2/c1-39-15-25(37)33-20-8-5-16(6-9-20)23-13-32-27(31)26(34-23)18-7-10-21(22(30)12-18)28(38)35-24(14-36)17-3-2-4-19(29)11-17;27-21-14-19(6-7-20(21)25(32)30-15-17-4-2-1-3-5-17)23-24(28)29-16-22(31-23)18-8-10-26(11-9-18)33-12-13-34-26;1-14(17-9-18(26)12-19(10-17)36(2,33)34)30-25(32)20-4-3-16(11-21(20)27)23-24(28)29-13-22(31-23)15-5-7-35-8-6-15;25-17-3-1-2-15(10-17)20(12-27)31-24(32)18-5-4-16(11-19(18)26)22-23(28)29-13-21(30-22)14-6-8-33-9-7-14/h2-4,7,10-13,16,20,24,36H,5-6,8-9,14-15H2,1H3,(H2,31,32)(H,33,37)(H,35,38);1-7,14,16,18H,8-13,15H2,(H2,28,29)(H,30,32);3-5,9-14H,6-8H2,1-2H3,(H2,28,29)(H,30,32);1-5,10-11,13-14,20H,6-9,12,27H2,(H2,28,29)(H,31,32)/t16?,20?,24-;;14-;20-/m1.11/s1. The number of aliphatic hydroxyl groups excluding tert-OH is 1. The van der Waals surface area contributed by atoms with Gasteiger partial charge in [-0.1, -0.05) is 112 Å². The van der Waals surface area contributed by atoms with Gasteiger partial charge in [0.15, 0.2) is 15.6 Å². The molecule has 8 aromatic carbocycles. The normalized spacial score (nSPS) is 16.4. The largest absolute Gasteiger partial charge is 0.394 e. The third kappa shape index (κ3) is 27.0. The second kappa shape index (κ2) is 48.3.